The highest BCUT2D eigenvalue weighted by atomic mass is 35.5. The molecule has 124 valence electrons. The first kappa shape index (κ1) is 16.3. The molecule has 1 atom stereocenters. The highest BCUT2D eigenvalue weighted by Gasteiger charge is 2.36. The number of hydrogen-bond acceptors (Lipinski definition) is 3. The SMILES string of the molecule is Cc1ccc2c(c1)OC(CC(=O)O)C(=O)N2Cc1ccccc1Cl. The monoisotopic (exact) mass is 345 g/mol. The molecule has 24 heavy (non-hydrogen) atoms. The average molecular weight is 346 g/mol. The number of hydrogen-bond donors (Lipinski definition) is 1. The van der Waals surface area contributed by atoms with Crippen LogP contribution in [-0.4, -0.2) is 23.1 Å². The zero-order valence-electron chi connectivity index (χ0n) is 13.0. The number of carboxylic acids is 1. The summed E-state index contributed by atoms with van der Waals surface area (Å²) in [5.74, 6) is -0.955. The molecule has 0 aliphatic carbocycles. The molecule has 1 aliphatic heterocycles. The molecule has 1 aliphatic rings. The maximum atomic E-state index is 12.7. The molecule has 1 N–H and O–H groups in total. The van der Waals surface area contributed by atoms with E-state index < -0.39 is 12.1 Å². The summed E-state index contributed by atoms with van der Waals surface area (Å²) in [6.45, 7) is 2.17. The molecule has 0 saturated heterocycles. The number of rotatable bonds is 4. The number of nitrogens with zero attached hydrogens (tertiary/aromatic N) is 1. The second kappa shape index (κ2) is 6.53. The molecule has 5 nitrogen and oxygen atoms in total. The molecule has 0 bridgehead atoms. The van der Waals surface area contributed by atoms with Crippen LogP contribution in [0.25, 0.3) is 0 Å². The van der Waals surface area contributed by atoms with E-state index >= 15 is 0 Å². The fraction of sp³-hybridized carbons (Fsp3) is 0.222. The Hall–Kier alpha value is -2.53. The van der Waals surface area contributed by atoms with Crippen molar-refractivity contribution in [1.29, 1.82) is 0 Å². The number of halogens is 1. The minimum atomic E-state index is -1.08. The van der Waals surface area contributed by atoms with Crippen molar-refractivity contribution in [3.63, 3.8) is 0 Å². The van der Waals surface area contributed by atoms with Crippen molar-refractivity contribution in [2.45, 2.75) is 26.0 Å². The summed E-state index contributed by atoms with van der Waals surface area (Å²) < 4.78 is 5.63. The van der Waals surface area contributed by atoms with Crippen LogP contribution < -0.4 is 9.64 Å². The molecule has 2 aromatic rings. The molecule has 1 heterocycles. The van der Waals surface area contributed by atoms with Gasteiger partial charge in [-0.2, -0.15) is 0 Å². The molecule has 0 radical (unpaired) electrons. The van der Waals surface area contributed by atoms with Crippen LogP contribution >= 0.6 is 11.6 Å². The topological polar surface area (TPSA) is 66.8 Å². The lowest BCUT2D eigenvalue weighted by atomic mass is 10.1. The number of anilines is 1. The molecule has 0 spiro atoms. The first-order valence-corrected chi connectivity index (χ1v) is 7.87. The number of ether oxygens (including phenoxy) is 1. The van der Waals surface area contributed by atoms with Gasteiger partial charge in [-0.25, -0.2) is 0 Å². The first-order chi connectivity index (χ1) is 11.5. The Morgan fingerprint density at radius 3 is 2.75 bits per heavy atom. The van der Waals surface area contributed by atoms with Crippen molar-refractivity contribution < 1.29 is 19.4 Å². The summed E-state index contributed by atoms with van der Waals surface area (Å²) in [6.07, 6.45) is -1.43. The Kier molecular flexibility index (Phi) is 4.44. The van der Waals surface area contributed by atoms with Crippen LogP contribution in [0.3, 0.4) is 0 Å². The van der Waals surface area contributed by atoms with Crippen LogP contribution in [0, 0.1) is 6.92 Å². The lowest BCUT2D eigenvalue weighted by molar-refractivity contribution is -0.142. The van der Waals surface area contributed by atoms with Crippen LogP contribution in [0.5, 0.6) is 5.75 Å². The third-order valence-electron chi connectivity index (χ3n) is 3.86. The number of aliphatic carboxylic acids is 1. The van der Waals surface area contributed by atoms with E-state index in [1.807, 2.05) is 31.2 Å². The molecule has 1 amide bonds. The van der Waals surface area contributed by atoms with E-state index in [4.69, 9.17) is 21.4 Å². The Labute approximate surface area is 144 Å². The Morgan fingerprint density at radius 1 is 1.29 bits per heavy atom. The highest BCUT2D eigenvalue weighted by Crippen LogP contribution is 2.37. The summed E-state index contributed by atoms with van der Waals surface area (Å²) in [6, 6.07) is 12.7. The lowest BCUT2D eigenvalue weighted by Gasteiger charge is -2.34. The predicted octanol–water partition coefficient (Wildman–Crippen LogP) is 3.42. The van der Waals surface area contributed by atoms with E-state index in [0.717, 1.165) is 11.1 Å². The molecule has 1 unspecified atom stereocenters. The summed E-state index contributed by atoms with van der Waals surface area (Å²) in [4.78, 5) is 25.3. The van der Waals surface area contributed by atoms with Crippen LogP contribution in [0.4, 0.5) is 5.69 Å². The van der Waals surface area contributed by atoms with Gasteiger partial charge in [-0.05, 0) is 36.2 Å². The van der Waals surface area contributed by atoms with Crippen molar-refractivity contribution in [3.8, 4) is 5.75 Å². The first-order valence-electron chi connectivity index (χ1n) is 7.49. The molecule has 0 saturated carbocycles. The Morgan fingerprint density at radius 2 is 2.04 bits per heavy atom. The van der Waals surface area contributed by atoms with Crippen LogP contribution in [0.15, 0.2) is 42.5 Å². The number of fused-ring (bicyclic) bond motifs is 1. The van der Waals surface area contributed by atoms with Crippen molar-refractivity contribution in [2.75, 3.05) is 4.90 Å². The smallest absolute Gasteiger partial charge is 0.307 e. The summed E-state index contributed by atoms with van der Waals surface area (Å²) in [5, 5.41) is 9.59. The van der Waals surface area contributed by atoms with Gasteiger partial charge in [0.05, 0.1) is 18.7 Å². The Bertz CT molecular complexity index is 805. The fourth-order valence-corrected chi connectivity index (χ4v) is 2.88. The fourth-order valence-electron chi connectivity index (χ4n) is 2.68. The summed E-state index contributed by atoms with van der Waals surface area (Å²) in [7, 11) is 0. The van der Waals surface area contributed by atoms with E-state index in [9.17, 15) is 9.59 Å². The van der Waals surface area contributed by atoms with E-state index in [0.29, 0.717) is 16.5 Å². The van der Waals surface area contributed by atoms with Crippen LogP contribution in [0.1, 0.15) is 17.5 Å². The maximum absolute atomic E-state index is 12.7. The zero-order valence-corrected chi connectivity index (χ0v) is 13.8. The third kappa shape index (κ3) is 3.21. The summed E-state index contributed by atoms with van der Waals surface area (Å²) in [5.41, 5.74) is 2.37. The molecule has 6 heteroatoms. The van der Waals surface area contributed by atoms with Gasteiger partial charge in [-0.15, -0.1) is 0 Å². The van der Waals surface area contributed by atoms with E-state index in [1.165, 1.54) is 4.90 Å². The van der Waals surface area contributed by atoms with Crippen molar-refractivity contribution in [3.05, 3.63) is 58.6 Å². The molecule has 2 aromatic carbocycles. The van der Waals surface area contributed by atoms with Gasteiger partial charge >= 0.3 is 5.97 Å². The molecular weight excluding hydrogens is 330 g/mol. The normalized spacial score (nSPS) is 16.5. The zero-order chi connectivity index (χ0) is 17.3. The van der Waals surface area contributed by atoms with Gasteiger partial charge in [-0.3, -0.25) is 9.59 Å². The molecular formula is C18H16ClNO4. The number of carbonyl (C=O) groups is 2. The predicted molar refractivity (Wildman–Crippen MR) is 90.5 cm³/mol. The minimum absolute atomic E-state index is 0.258. The van der Waals surface area contributed by atoms with Gasteiger partial charge in [-0.1, -0.05) is 35.9 Å². The van der Waals surface area contributed by atoms with Crippen molar-refractivity contribution in [1.82, 2.24) is 0 Å². The van der Waals surface area contributed by atoms with Gasteiger partial charge in [0, 0.05) is 5.02 Å². The second-order valence-corrected chi connectivity index (χ2v) is 6.10. The van der Waals surface area contributed by atoms with Gasteiger partial charge in [0.25, 0.3) is 5.91 Å². The maximum Gasteiger partial charge on any atom is 0.307 e. The Balaban J connectivity index is 2.00. The highest BCUT2D eigenvalue weighted by molar-refractivity contribution is 6.31. The van der Waals surface area contributed by atoms with Crippen molar-refractivity contribution >= 4 is 29.2 Å². The largest absolute Gasteiger partial charge is 0.481 e. The van der Waals surface area contributed by atoms with Gasteiger partial charge in [0.15, 0.2) is 6.10 Å². The van der Waals surface area contributed by atoms with E-state index in [-0.39, 0.29) is 18.9 Å². The standard InChI is InChI=1S/C18H16ClNO4/c1-11-6-7-14-15(8-11)24-16(9-17(21)22)18(23)20(14)10-12-4-2-3-5-13(12)19/h2-8,16H,9-10H2,1H3,(H,21,22). The number of benzene rings is 2. The number of aryl methyl sites for hydroxylation is 1. The lowest BCUT2D eigenvalue weighted by Crippen LogP contribution is -2.46. The third-order valence-corrected chi connectivity index (χ3v) is 4.23. The second-order valence-electron chi connectivity index (χ2n) is 5.69. The number of amides is 1. The minimum Gasteiger partial charge on any atom is -0.481 e. The van der Waals surface area contributed by atoms with Gasteiger partial charge < -0.3 is 14.7 Å². The van der Waals surface area contributed by atoms with Crippen LogP contribution in [-0.2, 0) is 16.1 Å². The summed E-state index contributed by atoms with van der Waals surface area (Å²) >= 11 is 6.20. The van der Waals surface area contributed by atoms with E-state index in [2.05, 4.69) is 0 Å². The van der Waals surface area contributed by atoms with Crippen LogP contribution in [0.2, 0.25) is 5.02 Å². The average Bonchev–Trinajstić information content (AvgIpc) is 2.52. The van der Waals surface area contributed by atoms with Gasteiger partial charge in [0.1, 0.15) is 5.75 Å². The quantitative estimate of drug-likeness (QED) is 0.922. The molecule has 0 aromatic heterocycles. The van der Waals surface area contributed by atoms with Gasteiger partial charge in [0.2, 0.25) is 0 Å². The number of carboxylic acid groups (broad SMARTS) is 1. The molecule has 0 fully saturated rings. The van der Waals surface area contributed by atoms with E-state index in [1.54, 1.807) is 18.2 Å². The van der Waals surface area contributed by atoms with Crippen molar-refractivity contribution in [2.24, 2.45) is 0 Å². The number of carbonyl (C=O) groups excluding carboxylic acids is 1. The molecule has 3 rings (SSSR count).